The van der Waals surface area contributed by atoms with Crippen LogP contribution in [0, 0.1) is 0 Å². The van der Waals surface area contributed by atoms with Gasteiger partial charge < -0.3 is 33.8 Å². The highest BCUT2D eigenvalue weighted by atomic mass is 127. The van der Waals surface area contributed by atoms with Crippen LogP contribution in [0.15, 0.2) is 12.7 Å². The van der Waals surface area contributed by atoms with Crippen molar-refractivity contribution in [3.8, 4) is 0 Å². The molecule has 0 rings (SSSR count). The van der Waals surface area contributed by atoms with Crippen molar-refractivity contribution < 1.29 is 33.3 Å². The highest BCUT2D eigenvalue weighted by Crippen LogP contribution is 1.91. The summed E-state index contributed by atoms with van der Waals surface area (Å²) in [5.41, 5.74) is 0. The second-order valence-corrected chi connectivity index (χ2v) is 3.16. The van der Waals surface area contributed by atoms with Gasteiger partial charge in [-0.3, -0.25) is 4.79 Å². The van der Waals surface area contributed by atoms with Crippen molar-refractivity contribution in [2.24, 2.45) is 0 Å². The molecule has 0 spiro atoms. The van der Waals surface area contributed by atoms with E-state index in [0.29, 0.717) is 6.67 Å². The zero-order chi connectivity index (χ0) is 8.91. The molecule has 72 valence electrons. The van der Waals surface area contributed by atoms with Gasteiger partial charge in [-0.25, -0.2) is 0 Å². The van der Waals surface area contributed by atoms with Gasteiger partial charge in [-0.15, -0.1) is 0 Å². The molecule has 0 atom stereocenters. The lowest BCUT2D eigenvalue weighted by Gasteiger charge is -2.27. The van der Waals surface area contributed by atoms with Gasteiger partial charge in [-0.1, -0.05) is 6.58 Å². The third-order valence-electron chi connectivity index (χ3n) is 1.72. The van der Waals surface area contributed by atoms with Gasteiger partial charge in [0.15, 0.2) is 6.67 Å². The SMILES string of the molecule is C=CC(=O)NC[N+](C)(C)CC.[I-]. The zero-order valence-electron chi connectivity index (χ0n) is 7.93. The Morgan fingerprint density at radius 2 is 2.08 bits per heavy atom. The number of carbonyl (C=O) groups is 1. The predicted octanol–water partition coefficient (Wildman–Crippen LogP) is -2.65. The van der Waals surface area contributed by atoms with Crippen molar-refractivity contribution in [3.63, 3.8) is 0 Å². The van der Waals surface area contributed by atoms with Gasteiger partial charge in [0.05, 0.1) is 20.6 Å². The van der Waals surface area contributed by atoms with Gasteiger partial charge in [-0.05, 0) is 13.0 Å². The van der Waals surface area contributed by atoms with E-state index in [9.17, 15) is 4.79 Å². The smallest absolute Gasteiger partial charge is 0.247 e. The number of halogens is 1. The summed E-state index contributed by atoms with van der Waals surface area (Å²) in [7, 11) is 4.12. The quantitative estimate of drug-likeness (QED) is 0.260. The Hall–Kier alpha value is -0.100. The molecule has 0 saturated heterocycles. The average molecular weight is 284 g/mol. The summed E-state index contributed by atoms with van der Waals surface area (Å²) in [6, 6.07) is 0. The van der Waals surface area contributed by atoms with Crippen LogP contribution in [0.25, 0.3) is 0 Å². The Kier molecular flexibility index (Phi) is 7.72. The van der Waals surface area contributed by atoms with Crippen LogP contribution in [0.1, 0.15) is 6.92 Å². The van der Waals surface area contributed by atoms with Crippen LogP contribution in [0.3, 0.4) is 0 Å². The molecule has 0 unspecified atom stereocenters. The van der Waals surface area contributed by atoms with Crippen molar-refractivity contribution >= 4 is 5.91 Å². The molecule has 0 radical (unpaired) electrons. The van der Waals surface area contributed by atoms with Gasteiger partial charge in [0.2, 0.25) is 5.91 Å². The largest absolute Gasteiger partial charge is 1.00 e. The second-order valence-electron chi connectivity index (χ2n) is 3.16. The highest BCUT2D eigenvalue weighted by molar-refractivity contribution is 5.86. The predicted molar refractivity (Wildman–Crippen MR) is 45.9 cm³/mol. The molecule has 1 N–H and O–H groups in total. The number of nitrogens with zero attached hydrogens (tertiary/aromatic N) is 1. The molecule has 0 aliphatic heterocycles. The molecule has 3 nitrogen and oxygen atoms in total. The van der Waals surface area contributed by atoms with Gasteiger partial charge in [0.1, 0.15) is 0 Å². The van der Waals surface area contributed by atoms with E-state index in [1.165, 1.54) is 6.08 Å². The van der Waals surface area contributed by atoms with Crippen molar-refractivity contribution in [2.45, 2.75) is 6.92 Å². The van der Waals surface area contributed by atoms with E-state index < -0.39 is 0 Å². The summed E-state index contributed by atoms with van der Waals surface area (Å²) in [6.45, 7) is 7.10. The Bertz CT molecular complexity index is 157. The van der Waals surface area contributed by atoms with E-state index in [0.717, 1.165) is 11.0 Å². The summed E-state index contributed by atoms with van der Waals surface area (Å²) >= 11 is 0. The minimum Gasteiger partial charge on any atom is -1.00 e. The molecular weight excluding hydrogens is 267 g/mol. The molecule has 0 aromatic carbocycles. The van der Waals surface area contributed by atoms with E-state index in [2.05, 4.69) is 32.9 Å². The molecule has 1 amide bonds. The third kappa shape index (κ3) is 6.60. The molecule has 0 heterocycles. The molecule has 0 aromatic rings. The van der Waals surface area contributed by atoms with Crippen LogP contribution in [-0.4, -0.2) is 37.7 Å². The average Bonchev–Trinajstić information content (AvgIpc) is 2.00. The first-order chi connectivity index (χ1) is 5.02. The molecule has 4 heteroatoms. The summed E-state index contributed by atoms with van der Waals surface area (Å²) < 4.78 is 0.791. The van der Waals surface area contributed by atoms with E-state index in [1.807, 2.05) is 0 Å². The van der Waals surface area contributed by atoms with E-state index in [-0.39, 0.29) is 29.9 Å². The Labute approximate surface area is 91.4 Å². The maximum atomic E-state index is 10.7. The van der Waals surface area contributed by atoms with Gasteiger partial charge in [0, 0.05) is 0 Å². The first kappa shape index (κ1) is 14.4. The first-order valence-electron chi connectivity index (χ1n) is 3.74. The number of carbonyl (C=O) groups excluding carboxylic acids is 1. The lowest BCUT2D eigenvalue weighted by Crippen LogP contribution is -3.00. The lowest BCUT2D eigenvalue weighted by molar-refractivity contribution is -0.890. The normalized spacial score (nSPS) is 9.92. The monoisotopic (exact) mass is 284 g/mol. The topological polar surface area (TPSA) is 29.1 Å². The van der Waals surface area contributed by atoms with E-state index in [4.69, 9.17) is 0 Å². The molecule has 0 aliphatic carbocycles. The third-order valence-corrected chi connectivity index (χ3v) is 1.72. The van der Waals surface area contributed by atoms with Gasteiger partial charge >= 0.3 is 0 Å². The molecule has 0 bridgehead atoms. The molecule has 0 aromatic heterocycles. The van der Waals surface area contributed by atoms with Crippen LogP contribution in [0.5, 0.6) is 0 Å². The minimum atomic E-state index is -0.107. The number of nitrogens with one attached hydrogen (secondary N) is 1. The molecule has 0 aliphatic rings. The maximum absolute atomic E-state index is 10.7. The molecule has 12 heavy (non-hydrogen) atoms. The van der Waals surface area contributed by atoms with Crippen molar-refractivity contribution in [3.05, 3.63) is 12.7 Å². The fourth-order valence-corrected chi connectivity index (χ4v) is 0.476. The zero-order valence-corrected chi connectivity index (χ0v) is 10.1. The van der Waals surface area contributed by atoms with Crippen LogP contribution >= 0.6 is 0 Å². The van der Waals surface area contributed by atoms with Crippen LogP contribution in [0.4, 0.5) is 0 Å². The Balaban J connectivity index is 0. The number of quaternary nitrogens is 1. The summed E-state index contributed by atoms with van der Waals surface area (Å²) in [6.07, 6.45) is 1.29. The van der Waals surface area contributed by atoms with Crippen LogP contribution in [-0.2, 0) is 4.79 Å². The van der Waals surface area contributed by atoms with Crippen molar-refractivity contribution in [2.75, 3.05) is 27.3 Å². The lowest BCUT2D eigenvalue weighted by atomic mass is 10.5. The van der Waals surface area contributed by atoms with Gasteiger partial charge in [-0.2, -0.15) is 0 Å². The molecular formula is C8H17IN2O. The Morgan fingerprint density at radius 3 is 2.42 bits per heavy atom. The summed E-state index contributed by atoms with van der Waals surface area (Å²) in [5.74, 6) is -0.107. The maximum Gasteiger partial charge on any atom is 0.247 e. The van der Waals surface area contributed by atoms with E-state index >= 15 is 0 Å². The van der Waals surface area contributed by atoms with Crippen LogP contribution < -0.4 is 29.3 Å². The fourth-order valence-electron chi connectivity index (χ4n) is 0.476. The molecule has 0 fully saturated rings. The summed E-state index contributed by atoms with van der Waals surface area (Å²) in [4.78, 5) is 10.7. The van der Waals surface area contributed by atoms with Crippen molar-refractivity contribution in [1.82, 2.24) is 5.32 Å². The second kappa shape index (κ2) is 6.42. The van der Waals surface area contributed by atoms with Crippen molar-refractivity contribution in [1.29, 1.82) is 0 Å². The minimum absolute atomic E-state index is 0. The highest BCUT2D eigenvalue weighted by Gasteiger charge is 2.10. The van der Waals surface area contributed by atoms with E-state index in [1.54, 1.807) is 0 Å². The standard InChI is InChI=1S/C8H16N2O.HI/c1-5-8(11)9-7-10(3,4)6-2;/h5H,1,6-7H2,2-4H3;1H. The first-order valence-corrected chi connectivity index (χ1v) is 3.74. The number of hydrogen-bond acceptors (Lipinski definition) is 1. The Morgan fingerprint density at radius 1 is 1.58 bits per heavy atom. The number of hydrogen-bond donors (Lipinski definition) is 1. The number of amides is 1. The number of rotatable bonds is 4. The van der Waals surface area contributed by atoms with Crippen LogP contribution in [0.2, 0.25) is 0 Å². The summed E-state index contributed by atoms with van der Waals surface area (Å²) in [5, 5.41) is 2.74. The fraction of sp³-hybridized carbons (Fsp3) is 0.625. The van der Waals surface area contributed by atoms with Gasteiger partial charge in [0.25, 0.3) is 0 Å². The molecule has 0 saturated carbocycles.